The Kier molecular flexibility index (Phi) is 7.58. The van der Waals surface area contributed by atoms with Crippen molar-refractivity contribution < 1.29 is 9.47 Å². The number of hydrogen-bond donors (Lipinski definition) is 1. The summed E-state index contributed by atoms with van der Waals surface area (Å²) in [7, 11) is 5.55. The van der Waals surface area contributed by atoms with E-state index in [-0.39, 0.29) is 6.10 Å². The summed E-state index contributed by atoms with van der Waals surface area (Å²) in [5.41, 5.74) is 1.00. The molecule has 0 fully saturated rings. The number of nitrogens with one attached hydrogen (secondary N) is 1. The van der Waals surface area contributed by atoms with Gasteiger partial charge in [0.05, 0.1) is 18.4 Å². The Balaban J connectivity index is 2.54. The lowest BCUT2D eigenvalue weighted by Crippen LogP contribution is -2.35. The van der Waals surface area contributed by atoms with E-state index in [0.29, 0.717) is 6.61 Å². The third kappa shape index (κ3) is 5.48. The third-order valence-corrected chi connectivity index (χ3v) is 3.31. The minimum atomic E-state index is 0.146. The van der Waals surface area contributed by atoms with Crippen molar-refractivity contribution >= 4 is 5.95 Å². The standard InChI is InChI=1S/C14H28N4O2/c1-6-17(3)11-13(20-5)9-15-14-16-12(2)10-18(14)7-8-19-4/h10,13H,6-9,11H2,1-5H3,(H,15,16). The predicted molar refractivity (Wildman–Crippen MR) is 81.3 cm³/mol. The smallest absolute Gasteiger partial charge is 0.203 e. The van der Waals surface area contributed by atoms with Crippen LogP contribution in [0.15, 0.2) is 6.20 Å². The zero-order valence-corrected chi connectivity index (χ0v) is 13.3. The van der Waals surface area contributed by atoms with Gasteiger partial charge >= 0.3 is 0 Å². The first kappa shape index (κ1) is 16.9. The minimum absolute atomic E-state index is 0.146. The van der Waals surface area contributed by atoms with E-state index in [1.165, 1.54) is 0 Å². The zero-order chi connectivity index (χ0) is 15.0. The number of likely N-dealkylation sites (N-methyl/N-ethyl adjacent to an activating group) is 1. The van der Waals surface area contributed by atoms with Crippen molar-refractivity contribution in [1.29, 1.82) is 0 Å². The van der Waals surface area contributed by atoms with E-state index in [1.54, 1.807) is 14.2 Å². The predicted octanol–water partition coefficient (Wildman–Crippen LogP) is 1.22. The van der Waals surface area contributed by atoms with E-state index in [1.807, 2.05) is 13.1 Å². The maximum Gasteiger partial charge on any atom is 0.203 e. The van der Waals surface area contributed by atoms with Gasteiger partial charge in [-0.25, -0.2) is 4.98 Å². The van der Waals surface area contributed by atoms with Crippen molar-refractivity contribution in [2.75, 3.05) is 52.8 Å². The van der Waals surface area contributed by atoms with E-state index in [2.05, 4.69) is 33.7 Å². The van der Waals surface area contributed by atoms with Gasteiger partial charge in [0.15, 0.2) is 0 Å². The topological polar surface area (TPSA) is 51.6 Å². The number of ether oxygens (including phenoxy) is 2. The Morgan fingerprint density at radius 1 is 1.45 bits per heavy atom. The van der Waals surface area contributed by atoms with Crippen LogP contribution < -0.4 is 5.32 Å². The van der Waals surface area contributed by atoms with Crippen molar-refractivity contribution in [3.8, 4) is 0 Å². The van der Waals surface area contributed by atoms with Crippen LogP contribution in [-0.2, 0) is 16.0 Å². The molecule has 0 radical (unpaired) electrons. The fourth-order valence-electron chi connectivity index (χ4n) is 1.95. The molecule has 116 valence electrons. The zero-order valence-electron chi connectivity index (χ0n) is 13.3. The molecular formula is C14H28N4O2. The average molecular weight is 284 g/mol. The summed E-state index contributed by atoms with van der Waals surface area (Å²) in [4.78, 5) is 6.73. The van der Waals surface area contributed by atoms with E-state index in [9.17, 15) is 0 Å². The quantitative estimate of drug-likeness (QED) is 0.700. The highest BCUT2D eigenvalue weighted by atomic mass is 16.5. The monoisotopic (exact) mass is 284 g/mol. The van der Waals surface area contributed by atoms with Crippen LogP contribution in [0.3, 0.4) is 0 Å². The molecule has 0 aliphatic rings. The van der Waals surface area contributed by atoms with Crippen LogP contribution in [0.4, 0.5) is 5.95 Å². The van der Waals surface area contributed by atoms with E-state index < -0.39 is 0 Å². The summed E-state index contributed by atoms with van der Waals surface area (Å²) < 4.78 is 12.7. The first-order chi connectivity index (χ1) is 9.60. The summed E-state index contributed by atoms with van der Waals surface area (Å²) in [5.74, 6) is 0.876. The molecule has 1 rings (SSSR count). The largest absolute Gasteiger partial charge is 0.383 e. The molecule has 1 N–H and O–H groups in total. The Morgan fingerprint density at radius 3 is 2.80 bits per heavy atom. The third-order valence-electron chi connectivity index (χ3n) is 3.31. The van der Waals surface area contributed by atoms with E-state index in [0.717, 1.165) is 37.8 Å². The normalized spacial score (nSPS) is 12.9. The van der Waals surface area contributed by atoms with Crippen LogP contribution in [-0.4, -0.2) is 68.1 Å². The number of aromatic nitrogens is 2. The van der Waals surface area contributed by atoms with Gasteiger partial charge in [-0.1, -0.05) is 6.92 Å². The van der Waals surface area contributed by atoms with Crippen molar-refractivity contribution in [2.45, 2.75) is 26.5 Å². The number of methoxy groups -OCH3 is 2. The van der Waals surface area contributed by atoms with Crippen LogP contribution in [0.2, 0.25) is 0 Å². The van der Waals surface area contributed by atoms with Gasteiger partial charge in [0.2, 0.25) is 5.95 Å². The molecular weight excluding hydrogens is 256 g/mol. The number of imidazole rings is 1. The average Bonchev–Trinajstić information content (AvgIpc) is 2.80. The Bertz CT molecular complexity index is 381. The fraction of sp³-hybridized carbons (Fsp3) is 0.786. The van der Waals surface area contributed by atoms with Crippen molar-refractivity contribution in [1.82, 2.24) is 14.5 Å². The molecule has 1 heterocycles. The molecule has 1 aromatic heterocycles. The van der Waals surface area contributed by atoms with Crippen LogP contribution in [0.5, 0.6) is 0 Å². The molecule has 0 spiro atoms. The van der Waals surface area contributed by atoms with Gasteiger partial charge in [-0.15, -0.1) is 0 Å². The van der Waals surface area contributed by atoms with Crippen LogP contribution in [0.1, 0.15) is 12.6 Å². The number of nitrogens with zero attached hydrogens (tertiary/aromatic N) is 3. The second-order valence-corrected chi connectivity index (χ2v) is 4.99. The number of hydrogen-bond acceptors (Lipinski definition) is 5. The Morgan fingerprint density at radius 2 is 2.20 bits per heavy atom. The Hall–Kier alpha value is -1.11. The summed E-state index contributed by atoms with van der Waals surface area (Å²) in [6.07, 6.45) is 2.18. The molecule has 0 saturated carbocycles. The van der Waals surface area contributed by atoms with Gasteiger partial charge in [-0.2, -0.15) is 0 Å². The van der Waals surface area contributed by atoms with E-state index >= 15 is 0 Å². The second kappa shape index (κ2) is 8.94. The lowest BCUT2D eigenvalue weighted by Gasteiger charge is -2.22. The SMILES string of the molecule is CCN(C)CC(CNc1nc(C)cn1CCOC)OC. The highest BCUT2D eigenvalue weighted by Gasteiger charge is 2.12. The van der Waals surface area contributed by atoms with Gasteiger partial charge in [0, 0.05) is 40.1 Å². The highest BCUT2D eigenvalue weighted by molar-refractivity contribution is 5.29. The molecule has 0 amide bonds. The molecule has 6 heteroatoms. The highest BCUT2D eigenvalue weighted by Crippen LogP contribution is 2.09. The summed E-state index contributed by atoms with van der Waals surface area (Å²) in [6.45, 7) is 8.26. The summed E-state index contributed by atoms with van der Waals surface area (Å²) in [5, 5.41) is 3.37. The first-order valence-electron chi connectivity index (χ1n) is 7.08. The van der Waals surface area contributed by atoms with Crippen molar-refractivity contribution in [2.24, 2.45) is 0 Å². The molecule has 0 aliphatic heterocycles. The van der Waals surface area contributed by atoms with Gasteiger partial charge < -0.3 is 24.3 Å². The summed E-state index contributed by atoms with van der Waals surface area (Å²) >= 11 is 0. The molecule has 0 aliphatic carbocycles. The molecule has 6 nitrogen and oxygen atoms in total. The molecule has 0 aromatic carbocycles. The first-order valence-corrected chi connectivity index (χ1v) is 7.08. The molecule has 1 aromatic rings. The molecule has 0 bridgehead atoms. The van der Waals surface area contributed by atoms with Gasteiger partial charge in [-0.3, -0.25) is 0 Å². The van der Waals surface area contributed by atoms with Crippen molar-refractivity contribution in [3.05, 3.63) is 11.9 Å². The number of aryl methyl sites for hydroxylation is 1. The minimum Gasteiger partial charge on any atom is -0.383 e. The molecule has 1 atom stereocenters. The van der Waals surface area contributed by atoms with Crippen molar-refractivity contribution in [3.63, 3.8) is 0 Å². The van der Waals surface area contributed by atoms with Gasteiger partial charge in [0.1, 0.15) is 0 Å². The number of rotatable bonds is 10. The Labute approximate surface area is 122 Å². The molecule has 1 unspecified atom stereocenters. The number of anilines is 1. The lowest BCUT2D eigenvalue weighted by molar-refractivity contribution is 0.0825. The van der Waals surface area contributed by atoms with Crippen LogP contribution in [0.25, 0.3) is 0 Å². The lowest BCUT2D eigenvalue weighted by atomic mass is 10.3. The molecule has 0 saturated heterocycles. The van der Waals surface area contributed by atoms with Gasteiger partial charge in [-0.05, 0) is 20.5 Å². The van der Waals surface area contributed by atoms with Crippen LogP contribution in [0, 0.1) is 6.92 Å². The van der Waals surface area contributed by atoms with E-state index in [4.69, 9.17) is 9.47 Å². The molecule has 20 heavy (non-hydrogen) atoms. The van der Waals surface area contributed by atoms with Gasteiger partial charge in [0.25, 0.3) is 0 Å². The second-order valence-electron chi connectivity index (χ2n) is 4.99. The maximum absolute atomic E-state index is 5.51. The van der Waals surface area contributed by atoms with Crippen LogP contribution >= 0.6 is 0 Å². The fourth-order valence-corrected chi connectivity index (χ4v) is 1.95. The summed E-state index contributed by atoms with van der Waals surface area (Å²) in [6, 6.07) is 0. The maximum atomic E-state index is 5.51.